The molecular weight excluding hydrogens is 181 g/mol. The van der Waals surface area contributed by atoms with Crippen LogP contribution < -0.4 is 0 Å². The van der Waals surface area contributed by atoms with Crippen LogP contribution in [-0.2, 0) is 6.18 Å². The van der Waals surface area contributed by atoms with Crippen molar-refractivity contribution in [3.63, 3.8) is 0 Å². The zero-order chi connectivity index (χ0) is 10.1. The number of nitriles is 1. The van der Waals surface area contributed by atoms with Gasteiger partial charge in [0.2, 0.25) is 0 Å². The molecule has 0 saturated carbocycles. The zero-order valence-corrected chi connectivity index (χ0v) is 6.68. The van der Waals surface area contributed by atoms with Gasteiger partial charge in [0, 0.05) is 11.9 Å². The highest BCUT2D eigenvalue weighted by Gasteiger charge is 2.33. The van der Waals surface area contributed by atoms with Crippen LogP contribution in [0.1, 0.15) is 16.8 Å². The van der Waals surface area contributed by atoms with Crippen molar-refractivity contribution in [2.75, 3.05) is 0 Å². The van der Waals surface area contributed by atoms with E-state index in [2.05, 4.69) is 4.98 Å². The summed E-state index contributed by atoms with van der Waals surface area (Å²) in [5.41, 5.74) is -0.981. The van der Waals surface area contributed by atoms with Crippen molar-refractivity contribution in [2.45, 2.75) is 13.1 Å². The van der Waals surface area contributed by atoms with Gasteiger partial charge in [-0.05, 0) is 13.0 Å². The smallest absolute Gasteiger partial charge is 0.261 e. The van der Waals surface area contributed by atoms with E-state index in [4.69, 9.17) is 5.26 Å². The average Bonchev–Trinajstić information content (AvgIpc) is 2.01. The largest absolute Gasteiger partial charge is 0.419 e. The minimum atomic E-state index is -4.51. The first-order valence-corrected chi connectivity index (χ1v) is 3.39. The first kappa shape index (κ1) is 9.52. The highest BCUT2D eigenvalue weighted by molar-refractivity contribution is 5.38. The standard InChI is InChI=1S/C8H5F3N2/c1-5-2-6(3-12)7(4-13-5)8(9,10)11/h2,4H,1H3. The van der Waals surface area contributed by atoms with Gasteiger partial charge in [0.15, 0.2) is 0 Å². The fourth-order valence-corrected chi connectivity index (χ4v) is 0.878. The number of pyridine rings is 1. The van der Waals surface area contributed by atoms with Crippen LogP contribution in [0.25, 0.3) is 0 Å². The third-order valence-corrected chi connectivity index (χ3v) is 1.47. The summed E-state index contributed by atoms with van der Waals surface area (Å²) < 4.78 is 36.5. The van der Waals surface area contributed by atoms with Crippen molar-refractivity contribution in [1.82, 2.24) is 4.98 Å². The first-order valence-electron chi connectivity index (χ1n) is 3.39. The normalized spacial score (nSPS) is 11.0. The third-order valence-electron chi connectivity index (χ3n) is 1.47. The molecule has 1 rings (SSSR count). The quantitative estimate of drug-likeness (QED) is 0.623. The topological polar surface area (TPSA) is 36.7 Å². The van der Waals surface area contributed by atoms with Crippen LogP contribution in [0.3, 0.4) is 0 Å². The van der Waals surface area contributed by atoms with Gasteiger partial charge in [0.05, 0.1) is 17.2 Å². The van der Waals surface area contributed by atoms with Crippen LogP contribution in [0.2, 0.25) is 0 Å². The van der Waals surface area contributed by atoms with Crippen molar-refractivity contribution >= 4 is 0 Å². The Hall–Kier alpha value is -1.57. The Morgan fingerprint density at radius 1 is 1.46 bits per heavy atom. The number of rotatable bonds is 0. The fourth-order valence-electron chi connectivity index (χ4n) is 0.878. The molecule has 0 aromatic carbocycles. The van der Waals surface area contributed by atoms with Crippen LogP contribution >= 0.6 is 0 Å². The van der Waals surface area contributed by atoms with Crippen LogP contribution in [-0.4, -0.2) is 4.98 Å². The predicted octanol–water partition coefficient (Wildman–Crippen LogP) is 2.28. The van der Waals surface area contributed by atoms with Crippen molar-refractivity contribution in [2.24, 2.45) is 0 Å². The molecular formula is C8H5F3N2. The van der Waals surface area contributed by atoms with Gasteiger partial charge >= 0.3 is 6.18 Å². The number of hydrogen-bond acceptors (Lipinski definition) is 2. The second kappa shape index (κ2) is 3.05. The molecule has 0 saturated heterocycles. The maximum Gasteiger partial charge on any atom is 0.419 e. The Morgan fingerprint density at radius 2 is 2.08 bits per heavy atom. The summed E-state index contributed by atoms with van der Waals surface area (Å²) in [6, 6.07) is 2.60. The van der Waals surface area contributed by atoms with E-state index in [1.807, 2.05) is 0 Å². The Morgan fingerprint density at radius 3 is 2.54 bits per heavy atom. The second-order valence-electron chi connectivity index (χ2n) is 2.48. The molecule has 0 atom stereocenters. The molecule has 1 aromatic heterocycles. The Bertz CT molecular complexity index is 363. The summed E-state index contributed by atoms with van der Waals surface area (Å²) in [5.74, 6) is 0. The first-order chi connectivity index (χ1) is 5.95. The van der Waals surface area contributed by atoms with E-state index in [0.29, 0.717) is 11.9 Å². The lowest BCUT2D eigenvalue weighted by atomic mass is 10.1. The Balaban J connectivity index is 3.32. The van der Waals surface area contributed by atoms with Crippen LogP contribution in [0.15, 0.2) is 12.3 Å². The Kier molecular flexibility index (Phi) is 2.24. The molecule has 0 fully saturated rings. The Labute approximate surface area is 72.6 Å². The third kappa shape index (κ3) is 1.96. The van der Waals surface area contributed by atoms with Gasteiger partial charge in [-0.25, -0.2) is 0 Å². The molecule has 1 aromatic rings. The summed E-state index contributed by atoms with van der Waals surface area (Å²) >= 11 is 0. The van der Waals surface area contributed by atoms with Gasteiger partial charge in [-0.2, -0.15) is 18.4 Å². The molecule has 2 nitrogen and oxygen atoms in total. The molecule has 13 heavy (non-hydrogen) atoms. The number of aromatic nitrogens is 1. The number of alkyl halides is 3. The number of aryl methyl sites for hydroxylation is 1. The molecule has 0 radical (unpaired) electrons. The molecule has 0 N–H and O–H groups in total. The summed E-state index contributed by atoms with van der Waals surface area (Å²) in [7, 11) is 0. The van der Waals surface area contributed by atoms with Gasteiger partial charge in [0.25, 0.3) is 0 Å². The number of halogens is 3. The molecule has 68 valence electrons. The van der Waals surface area contributed by atoms with Crippen molar-refractivity contribution < 1.29 is 13.2 Å². The SMILES string of the molecule is Cc1cc(C#N)c(C(F)(F)F)cn1. The van der Waals surface area contributed by atoms with E-state index in [1.54, 1.807) is 0 Å². The molecule has 0 spiro atoms. The predicted molar refractivity (Wildman–Crippen MR) is 38.7 cm³/mol. The molecule has 1 heterocycles. The molecule has 0 bridgehead atoms. The van der Waals surface area contributed by atoms with Crippen molar-refractivity contribution in [3.05, 3.63) is 29.1 Å². The number of hydrogen-bond donors (Lipinski definition) is 0. The maximum absolute atomic E-state index is 12.2. The minimum Gasteiger partial charge on any atom is -0.261 e. The highest BCUT2D eigenvalue weighted by atomic mass is 19.4. The van der Waals surface area contributed by atoms with E-state index in [0.717, 1.165) is 6.07 Å². The molecule has 0 aliphatic carbocycles. The van der Waals surface area contributed by atoms with E-state index >= 15 is 0 Å². The van der Waals surface area contributed by atoms with E-state index < -0.39 is 11.7 Å². The van der Waals surface area contributed by atoms with Gasteiger partial charge < -0.3 is 0 Å². The fraction of sp³-hybridized carbons (Fsp3) is 0.250. The van der Waals surface area contributed by atoms with E-state index in [9.17, 15) is 13.2 Å². The molecule has 0 unspecified atom stereocenters. The molecule has 0 aliphatic rings. The lowest BCUT2D eigenvalue weighted by molar-refractivity contribution is -0.138. The monoisotopic (exact) mass is 186 g/mol. The maximum atomic E-state index is 12.2. The van der Waals surface area contributed by atoms with Crippen LogP contribution in [0.4, 0.5) is 13.2 Å². The summed E-state index contributed by atoms with van der Waals surface area (Å²) in [4.78, 5) is 3.48. The zero-order valence-electron chi connectivity index (χ0n) is 6.68. The lowest BCUT2D eigenvalue weighted by Crippen LogP contribution is -2.08. The summed E-state index contributed by atoms with van der Waals surface area (Å²) in [6.07, 6.45) is -3.83. The van der Waals surface area contributed by atoms with Crippen LogP contribution in [0.5, 0.6) is 0 Å². The van der Waals surface area contributed by atoms with Crippen molar-refractivity contribution in [1.29, 1.82) is 5.26 Å². The van der Waals surface area contributed by atoms with Gasteiger partial charge in [-0.15, -0.1) is 0 Å². The number of nitrogens with zero attached hydrogens (tertiary/aromatic N) is 2. The average molecular weight is 186 g/mol. The van der Waals surface area contributed by atoms with Gasteiger partial charge in [-0.1, -0.05) is 0 Å². The molecule has 0 amide bonds. The van der Waals surface area contributed by atoms with E-state index in [-0.39, 0.29) is 5.56 Å². The van der Waals surface area contributed by atoms with Crippen molar-refractivity contribution in [3.8, 4) is 6.07 Å². The van der Waals surface area contributed by atoms with Gasteiger partial charge in [-0.3, -0.25) is 4.98 Å². The second-order valence-corrected chi connectivity index (χ2v) is 2.48. The lowest BCUT2D eigenvalue weighted by Gasteiger charge is -2.07. The highest BCUT2D eigenvalue weighted by Crippen LogP contribution is 2.31. The molecule has 0 aliphatic heterocycles. The van der Waals surface area contributed by atoms with Crippen LogP contribution in [0, 0.1) is 18.3 Å². The summed E-state index contributed by atoms with van der Waals surface area (Å²) in [5, 5.41) is 8.43. The summed E-state index contributed by atoms with van der Waals surface area (Å²) in [6.45, 7) is 1.53. The molecule has 5 heteroatoms. The van der Waals surface area contributed by atoms with E-state index in [1.165, 1.54) is 13.0 Å². The minimum absolute atomic E-state index is 0.389. The van der Waals surface area contributed by atoms with Gasteiger partial charge in [0.1, 0.15) is 0 Å².